The molecule has 26 heavy (non-hydrogen) atoms. The average molecular weight is 373 g/mol. The average Bonchev–Trinajstić information content (AvgIpc) is 3.03. The van der Waals surface area contributed by atoms with E-state index in [1.165, 1.54) is 6.92 Å². The maximum atomic E-state index is 12.9. The number of alkyl halides is 3. The number of carbonyl (C=O) groups is 3. The summed E-state index contributed by atoms with van der Waals surface area (Å²) >= 11 is 0. The summed E-state index contributed by atoms with van der Waals surface area (Å²) in [6.07, 6.45) is -3.88. The molecule has 1 heterocycles. The molecule has 1 saturated heterocycles. The molecule has 0 aliphatic carbocycles. The number of nitrogens with two attached hydrogens (primary N) is 1. The van der Waals surface area contributed by atoms with Crippen molar-refractivity contribution >= 4 is 23.5 Å². The molecule has 7 nitrogen and oxygen atoms in total. The zero-order valence-electron chi connectivity index (χ0n) is 13.8. The molecule has 1 aliphatic heterocycles. The number of nitrogens with zero attached hydrogens (tertiary/aromatic N) is 1. The van der Waals surface area contributed by atoms with Crippen molar-refractivity contribution in [3.05, 3.63) is 29.3 Å². The highest BCUT2D eigenvalue weighted by Gasteiger charge is 2.37. The van der Waals surface area contributed by atoms with Gasteiger partial charge in [0.1, 0.15) is 12.1 Å². The van der Waals surface area contributed by atoms with Crippen molar-refractivity contribution < 1.29 is 32.7 Å². The summed E-state index contributed by atoms with van der Waals surface area (Å²) in [6.45, 7) is 1.59. The molecule has 1 aliphatic rings. The smallest absolute Gasteiger partial charge is 0.418 e. The number of amides is 2. The van der Waals surface area contributed by atoms with Gasteiger partial charge in [0, 0.05) is 17.8 Å². The van der Waals surface area contributed by atoms with Crippen LogP contribution in [-0.4, -0.2) is 46.4 Å². The van der Waals surface area contributed by atoms with Gasteiger partial charge in [0.15, 0.2) is 0 Å². The number of nitrogen functional groups attached to an aromatic ring is 1. The van der Waals surface area contributed by atoms with Crippen molar-refractivity contribution in [1.82, 2.24) is 10.2 Å². The van der Waals surface area contributed by atoms with E-state index >= 15 is 0 Å². The molecule has 0 saturated carbocycles. The zero-order valence-corrected chi connectivity index (χ0v) is 13.8. The first-order chi connectivity index (χ1) is 12.0. The number of anilines is 1. The third-order valence-corrected chi connectivity index (χ3v) is 4.16. The van der Waals surface area contributed by atoms with Gasteiger partial charge in [-0.2, -0.15) is 13.2 Å². The van der Waals surface area contributed by atoms with Crippen molar-refractivity contribution in [1.29, 1.82) is 0 Å². The lowest BCUT2D eigenvalue weighted by atomic mass is 10.1. The Morgan fingerprint density at radius 1 is 1.35 bits per heavy atom. The van der Waals surface area contributed by atoms with Crippen molar-refractivity contribution in [2.75, 3.05) is 12.3 Å². The van der Waals surface area contributed by atoms with Crippen LogP contribution >= 0.6 is 0 Å². The molecule has 2 unspecified atom stereocenters. The Morgan fingerprint density at radius 2 is 2.00 bits per heavy atom. The van der Waals surface area contributed by atoms with E-state index < -0.39 is 47.3 Å². The van der Waals surface area contributed by atoms with Gasteiger partial charge in [-0.25, -0.2) is 4.79 Å². The number of hydrogen-bond donors (Lipinski definition) is 3. The molecule has 10 heteroatoms. The fraction of sp³-hybridized carbons (Fsp3) is 0.438. The molecule has 0 radical (unpaired) electrons. The third-order valence-electron chi connectivity index (χ3n) is 4.16. The van der Waals surface area contributed by atoms with E-state index in [1.807, 2.05) is 0 Å². The Balaban J connectivity index is 2.12. The van der Waals surface area contributed by atoms with E-state index in [4.69, 9.17) is 10.8 Å². The van der Waals surface area contributed by atoms with Gasteiger partial charge < -0.3 is 21.1 Å². The molecule has 0 spiro atoms. The Kier molecular flexibility index (Phi) is 5.43. The summed E-state index contributed by atoms with van der Waals surface area (Å²) in [5.41, 5.74) is 3.32. The van der Waals surface area contributed by atoms with Crippen LogP contribution in [0.2, 0.25) is 0 Å². The van der Waals surface area contributed by atoms with Crippen LogP contribution in [0.4, 0.5) is 18.9 Å². The molecule has 0 bridgehead atoms. The van der Waals surface area contributed by atoms with E-state index in [0.717, 1.165) is 17.0 Å². The minimum Gasteiger partial charge on any atom is -0.480 e. The molecule has 2 amide bonds. The number of hydrogen-bond acceptors (Lipinski definition) is 4. The Labute approximate surface area is 146 Å². The molecule has 0 aromatic heterocycles. The van der Waals surface area contributed by atoms with Crippen molar-refractivity contribution in [3.8, 4) is 0 Å². The van der Waals surface area contributed by atoms with Gasteiger partial charge in [-0.1, -0.05) is 0 Å². The molecule has 4 N–H and O–H groups in total. The van der Waals surface area contributed by atoms with Crippen molar-refractivity contribution in [2.45, 2.75) is 38.0 Å². The van der Waals surface area contributed by atoms with Gasteiger partial charge in [-0.15, -0.1) is 0 Å². The molecule has 142 valence electrons. The second kappa shape index (κ2) is 7.22. The summed E-state index contributed by atoms with van der Waals surface area (Å²) in [5, 5.41) is 11.4. The third kappa shape index (κ3) is 4.06. The molecule has 2 atom stereocenters. The van der Waals surface area contributed by atoms with E-state index in [0.29, 0.717) is 18.9 Å². The topological polar surface area (TPSA) is 113 Å². The second-order valence-electron chi connectivity index (χ2n) is 6.02. The van der Waals surface area contributed by atoms with Crippen LogP contribution in [-0.2, 0) is 15.8 Å². The first-order valence-corrected chi connectivity index (χ1v) is 7.83. The predicted octanol–water partition coefficient (Wildman–Crippen LogP) is 1.48. The normalized spacial score (nSPS) is 18.5. The highest BCUT2D eigenvalue weighted by atomic mass is 19.4. The maximum absolute atomic E-state index is 12.9. The molecule has 1 fully saturated rings. The van der Waals surface area contributed by atoms with Crippen LogP contribution in [0.15, 0.2) is 18.2 Å². The number of aliphatic carboxylic acids is 1. The van der Waals surface area contributed by atoms with Gasteiger partial charge in [0.2, 0.25) is 5.91 Å². The molecule has 1 aromatic rings. The number of carbonyl (C=O) groups excluding carboxylic acids is 2. The quantitative estimate of drug-likeness (QED) is 0.692. The number of carboxylic acids is 1. The Morgan fingerprint density at radius 3 is 2.58 bits per heavy atom. The Hall–Kier alpha value is -2.78. The van der Waals surface area contributed by atoms with Gasteiger partial charge in [0.05, 0.1) is 5.56 Å². The number of carboxylic acid groups (broad SMARTS) is 1. The summed E-state index contributed by atoms with van der Waals surface area (Å²) in [6, 6.07) is 0.639. The lowest BCUT2D eigenvalue weighted by Crippen LogP contribution is -2.50. The van der Waals surface area contributed by atoms with Crippen LogP contribution in [0.25, 0.3) is 0 Å². The summed E-state index contributed by atoms with van der Waals surface area (Å²) in [5.74, 6) is -2.63. The number of nitrogens with one attached hydrogen (secondary N) is 1. The van der Waals surface area contributed by atoms with Gasteiger partial charge in [0.25, 0.3) is 5.91 Å². The predicted molar refractivity (Wildman–Crippen MR) is 85.2 cm³/mol. The molecular formula is C16H18F3N3O4. The number of rotatable bonds is 4. The Bertz CT molecular complexity index is 736. The van der Waals surface area contributed by atoms with Gasteiger partial charge in [-0.3, -0.25) is 9.59 Å². The number of halogens is 3. The summed E-state index contributed by atoms with van der Waals surface area (Å²) < 4.78 is 38.6. The van der Waals surface area contributed by atoms with Crippen LogP contribution in [0.3, 0.4) is 0 Å². The van der Waals surface area contributed by atoms with Gasteiger partial charge in [-0.05, 0) is 38.0 Å². The van der Waals surface area contributed by atoms with E-state index in [9.17, 15) is 27.6 Å². The van der Waals surface area contributed by atoms with Crippen LogP contribution in [0.1, 0.15) is 35.7 Å². The van der Waals surface area contributed by atoms with Crippen LogP contribution < -0.4 is 11.1 Å². The van der Waals surface area contributed by atoms with E-state index in [1.54, 1.807) is 0 Å². The standard InChI is InChI=1S/C16H18F3N3O4/c1-8(14(24)22-6-2-3-12(22)15(25)26)21-13(23)9-4-5-11(20)10(7-9)16(17,18)19/h4-5,7-8,12H,2-3,6,20H2,1H3,(H,21,23)(H,25,26). The minimum atomic E-state index is -4.72. The fourth-order valence-corrected chi connectivity index (χ4v) is 2.82. The summed E-state index contributed by atoms with van der Waals surface area (Å²) in [4.78, 5) is 36.8. The fourth-order valence-electron chi connectivity index (χ4n) is 2.82. The highest BCUT2D eigenvalue weighted by Crippen LogP contribution is 2.34. The highest BCUT2D eigenvalue weighted by molar-refractivity contribution is 5.98. The largest absolute Gasteiger partial charge is 0.480 e. The van der Waals surface area contributed by atoms with E-state index in [2.05, 4.69) is 5.32 Å². The summed E-state index contributed by atoms with van der Waals surface area (Å²) in [7, 11) is 0. The minimum absolute atomic E-state index is 0.246. The first-order valence-electron chi connectivity index (χ1n) is 7.83. The van der Waals surface area contributed by atoms with Crippen molar-refractivity contribution in [3.63, 3.8) is 0 Å². The maximum Gasteiger partial charge on any atom is 0.418 e. The zero-order chi connectivity index (χ0) is 19.6. The number of benzene rings is 1. The van der Waals surface area contributed by atoms with Gasteiger partial charge >= 0.3 is 12.1 Å². The monoisotopic (exact) mass is 373 g/mol. The number of likely N-dealkylation sites (tertiary alicyclic amines) is 1. The van der Waals surface area contributed by atoms with E-state index in [-0.39, 0.29) is 12.1 Å². The molecule has 2 rings (SSSR count). The van der Waals surface area contributed by atoms with Crippen LogP contribution in [0.5, 0.6) is 0 Å². The molecule has 1 aromatic carbocycles. The van der Waals surface area contributed by atoms with Crippen molar-refractivity contribution in [2.24, 2.45) is 0 Å². The lowest BCUT2D eigenvalue weighted by molar-refractivity contribution is -0.148. The molecular weight excluding hydrogens is 355 g/mol. The second-order valence-corrected chi connectivity index (χ2v) is 6.02. The van der Waals surface area contributed by atoms with Crippen LogP contribution in [0, 0.1) is 0 Å². The lowest BCUT2D eigenvalue weighted by Gasteiger charge is -2.25. The SMILES string of the molecule is CC(NC(=O)c1ccc(N)c(C(F)(F)F)c1)C(=O)N1CCCC1C(=O)O. The first kappa shape index (κ1) is 19.5.